The van der Waals surface area contributed by atoms with Crippen LogP contribution in [0.25, 0.3) is 0 Å². The molecule has 0 unspecified atom stereocenters. The molecule has 0 aliphatic heterocycles. The Morgan fingerprint density at radius 1 is 1.28 bits per heavy atom. The average Bonchev–Trinajstić information content (AvgIpc) is 3.07. The molecule has 3 aromatic rings. The molecule has 0 aliphatic rings. The second-order valence-corrected chi connectivity index (χ2v) is 7.33. The molecular formula is C18H16BrN3O2S. The summed E-state index contributed by atoms with van der Waals surface area (Å²) in [5.74, 6) is -0.288. The summed E-state index contributed by atoms with van der Waals surface area (Å²) < 4.78 is 2.16. The molecule has 0 saturated carbocycles. The number of hydrogen-bond donors (Lipinski definition) is 1. The van der Waals surface area contributed by atoms with Gasteiger partial charge in [0, 0.05) is 22.1 Å². The third kappa shape index (κ3) is 4.64. The minimum absolute atomic E-state index is 0.118. The molecule has 0 saturated heterocycles. The first kappa shape index (κ1) is 17.6. The number of anilines is 1. The van der Waals surface area contributed by atoms with Crippen LogP contribution < -0.4 is 10.9 Å². The van der Waals surface area contributed by atoms with Gasteiger partial charge in [0.15, 0.2) is 0 Å². The van der Waals surface area contributed by atoms with Crippen molar-refractivity contribution in [2.45, 2.75) is 19.9 Å². The van der Waals surface area contributed by atoms with E-state index in [0.29, 0.717) is 23.4 Å². The Morgan fingerprint density at radius 3 is 2.72 bits per heavy atom. The van der Waals surface area contributed by atoms with Crippen molar-refractivity contribution in [1.82, 2.24) is 9.78 Å². The number of nitrogens with zero attached hydrogens (tertiary/aromatic N) is 2. The van der Waals surface area contributed by atoms with Crippen molar-refractivity contribution < 1.29 is 4.79 Å². The summed E-state index contributed by atoms with van der Waals surface area (Å²) in [6.07, 6.45) is 0.542. The first-order valence-electron chi connectivity index (χ1n) is 7.65. The number of hydrogen-bond acceptors (Lipinski definition) is 4. The van der Waals surface area contributed by atoms with Gasteiger partial charge in [-0.3, -0.25) is 9.59 Å². The van der Waals surface area contributed by atoms with Crippen LogP contribution >= 0.6 is 27.3 Å². The average molecular weight is 418 g/mol. The standard InChI is InChI=1S/C18H16BrN3O2S/c1-12-8-14(9-13-6-7-25-11-13)18(24)22(21-12)10-17(23)20-16-4-2-15(19)3-5-16/h2-8,11H,9-10H2,1H3,(H,20,23). The lowest BCUT2D eigenvalue weighted by molar-refractivity contribution is -0.117. The van der Waals surface area contributed by atoms with Gasteiger partial charge in [0.25, 0.3) is 5.56 Å². The number of halogens is 1. The molecule has 0 atom stereocenters. The van der Waals surface area contributed by atoms with E-state index in [2.05, 4.69) is 26.3 Å². The second-order valence-electron chi connectivity index (χ2n) is 5.64. The first-order chi connectivity index (χ1) is 12.0. The van der Waals surface area contributed by atoms with Gasteiger partial charge >= 0.3 is 0 Å². The van der Waals surface area contributed by atoms with Crippen molar-refractivity contribution in [3.05, 3.63) is 78.8 Å². The molecule has 7 heteroatoms. The number of nitrogens with one attached hydrogen (secondary N) is 1. The Labute approximate surface area is 157 Å². The fraction of sp³-hybridized carbons (Fsp3) is 0.167. The summed E-state index contributed by atoms with van der Waals surface area (Å²) in [7, 11) is 0. The predicted molar refractivity (Wildman–Crippen MR) is 103 cm³/mol. The first-order valence-corrected chi connectivity index (χ1v) is 9.39. The highest BCUT2D eigenvalue weighted by Crippen LogP contribution is 2.14. The molecule has 1 amide bonds. The lowest BCUT2D eigenvalue weighted by atomic mass is 10.1. The summed E-state index contributed by atoms with van der Waals surface area (Å²) in [6, 6.07) is 11.0. The normalized spacial score (nSPS) is 10.6. The fourth-order valence-corrected chi connectivity index (χ4v) is 3.39. The molecule has 2 aromatic heterocycles. The van der Waals surface area contributed by atoms with E-state index in [9.17, 15) is 9.59 Å². The van der Waals surface area contributed by atoms with Gasteiger partial charge in [-0.2, -0.15) is 16.4 Å². The summed E-state index contributed by atoms with van der Waals surface area (Å²) in [6.45, 7) is 1.70. The lowest BCUT2D eigenvalue weighted by Crippen LogP contribution is -2.32. The minimum atomic E-state index is -0.288. The van der Waals surface area contributed by atoms with E-state index in [4.69, 9.17) is 0 Å². The molecule has 5 nitrogen and oxygen atoms in total. The molecule has 0 radical (unpaired) electrons. The monoisotopic (exact) mass is 417 g/mol. The zero-order valence-corrected chi connectivity index (χ0v) is 15.9. The molecule has 1 aromatic carbocycles. The molecule has 1 N–H and O–H groups in total. The highest BCUT2D eigenvalue weighted by atomic mass is 79.9. The number of amides is 1. The lowest BCUT2D eigenvalue weighted by Gasteiger charge is -2.09. The van der Waals surface area contributed by atoms with Gasteiger partial charge in [-0.05, 0) is 59.6 Å². The third-order valence-corrected chi connectivity index (χ3v) is 4.83. The van der Waals surface area contributed by atoms with Crippen LogP contribution in [-0.2, 0) is 17.8 Å². The van der Waals surface area contributed by atoms with Crippen molar-refractivity contribution in [3.63, 3.8) is 0 Å². The SMILES string of the molecule is Cc1cc(Cc2ccsc2)c(=O)n(CC(=O)Nc2ccc(Br)cc2)n1. The Morgan fingerprint density at radius 2 is 2.04 bits per heavy atom. The zero-order valence-electron chi connectivity index (χ0n) is 13.5. The molecule has 25 heavy (non-hydrogen) atoms. The van der Waals surface area contributed by atoms with Gasteiger partial charge in [-0.15, -0.1) is 0 Å². The number of thiophene rings is 1. The molecule has 128 valence electrons. The van der Waals surface area contributed by atoms with Gasteiger partial charge in [-0.25, -0.2) is 4.68 Å². The summed E-state index contributed by atoms with van der Waals surface area (Å²) in [5, 5.41) is 11.0. The predicted octanol–water partition coefficient (Wildman–Crippen LogP) is 3.61. The van der Waals surface area contributed by atoms with E-state index >= 15 is 0 Å². The largest absolute Gasteiger partial charge is 0.324 e. The Balaban J connectivity index is 1.77. The Kier molecular flexibility index (Phi) is 5.45. The van der Waals surface area contributed by atoms with Crippen molar-refractivity contribution in [1.29, 1.82) is 0 Å². The quantitative estimate of drug-likeness (QED) is 0.689. The van der Waals surface area contributed by atoms with Crippen LogP contribution in [-0.4, -0.2) is 15.7 Å². The molecule has 3 rings (SSSR count). The number of aryl methyl sites for hydroxylation is 1. The van der Waals surface area contributed by atoms with Gasteiger partial charge in [0.2, 0.25) is 5.91 Å². The number of carbonyl (C=O) groups excluding carboxylic acids is 1. The van der Waals surface area contributed by atoms with Crippen molar-refractivity contribution in [2.24, 2.45) is 0 Å². The van der Waals surface area contributed by atoms with E-state index in [1.165, 1.54) is 4.68 Å². The fourth-order valence-electron chi connectivity index (χ4n) is 2.46. The third-order valence-electron chi connectivity index (χ3n) is 3.57. The smallest absolute Gasteiger partial charge is 0.270 e. The van der Waals surface area contributed by atoms with Gasteiger partial charge < -0.3 is 5.32 Å². The van der Waals surface area contributed by atoms with E-state index in [1.54, 1.807) is 29.5 Å². The Hall–Kier alpha value is -2.25. The molecular weight excluding hydrogens is 402 g/mol. The maximum absolute atomic E-state index is 12.6. The van der Waals surface area contributed by atoms with Crippen LogP contribution in [0.2, 0.25) is 0 Å². The highest BCUT2D eigenvalue weighted by Gasteiger charge is 2.11. The van der Waals surface area contributed by atoms with E-state index in [0.717, 1.165) is 10.0 Å². The molecule has 0 spiro atoms. The number of aromatic nitrogens is 2. The molecule has 0 fully saturated rings. The topological polar surface area (TPSA) is 64.0 Å². The summed E-state index contributed by atoms with van der Waals surface area (Å²) in [5.41, 5.74) is 2.87. The van der Waals surface area contributed by atoms with Gasteiger partial charge in [0.1, 0.15) is 6.54 Å². The summed E-state index contributed by atoms with van der Waals surface area (Å²) >= 11 is 4.94. The maximum atomic E-state index is 12.6. The van der Waals surface area contributed by atoms with Crippen molar-refractivity contribution in [2.75, 3.05) is 5.32 Å². The number of benzene rings is 1. The summed E-state index contributed by atoms with van der Waals surface area (Å²) in [4.78, 5) is 24.8. The molecule has 0 bridgehead atoms. The van der Waals surface area contributed by atoms with Crippen LogP contribution in [0, 0.1) is 6.92 Å². The Bertz CT molecular complexity index is 934. The minimum Gasteiger partial charge on any atom is -0.324 e. The van der Waals surface area contributed by atoms with E-state index < -0.39 is 0 Å². The van der Waals surface area contributed by atoms with E-state index in [1.807, 2.05) is 35.9 Å². The van der Waals surface area contributed by atoms with Crippen LogP contribution in [0.3, 0.4) is 0 Å². The van der Waals surface area contributed by atoms with Crippen molar-refractivity contribution in [3.8, 4) is 0 Å². The van der Waals surface area contributed by atoms with Crippen LogP contribution in [0.4, 0.5) is 5.69 Å². The number of rotatable bonds is 5. The zero-order chi connectivity index (χ0) is 17.8. The van der Waals surface area contributed by atoms with Crippen LogP contribution in [0.15, 0.2) is 56.4 Å². The molecule has 2 heterocycles. The van der Waals surface area contributed by atoms with Gasteiger partial charge in [0.05, 0.1) is 5.69 Å². The van der Waals surface area contributed by atoms with Gasteiger partial charge in [-0.1, -0.05) is 15.9 Å². The highest BCUT2D eigenvalue weighted by molar-refractivity contribution is 9.10. The van der Waals surface area contributed by atoms with E-state index in [-0.39, 0.29) is 18.0 Å². The maximum Gasteiger partial charge on any atom is 0.270 e. The van der Waals surface area contributed by atoms with Crippen LogP contribution in [0.1, 0.15) is 16.8 Å². The molecule has 0 aliphatic carbocycles. The number of carbonyl (C=O) groups is 1. The second kappa shape index (κ2) is 7.76. The van der Waals surface area contributed by atoms with Crippen LogP contribution in [0.5, 0.6) is 0 Å². The van der Waals surface area contributed by atoms with Crippen molar-refractivity contribution >= 4 is 38.9 Å².